The van der Waals surface area contributed by atoms with E-state index in [1.165, 1.54) is 10.6 Å². The summed E-state index contributed by atoms with van der Waals surface area (Å²) in [7, 11) is 0. The highest BCUT2D eigenvalue weighted by Gasteiger charge is 2.27. The molecule has 1 rings (SSSR count). The fourth-order valence-electron chi connectivity index (χ4n) is 1.37. The molecule has 1 nitrogen and oxygen atoms in total. The van der Waals surface area contributed by atoms with Gasteiger partial charge in [-0.05, 0) is 13.8 Å². The fraction of sp³-hybridized carbons (Fsp3) is 0.727. The van der Waals surface area contributed by atoms with E-state index in [1.807, 2.05) is 11.8 Å². The van der Waals surface area contributed by atoms with Crippen LogP contribution < -0.4 is 4.90 Å². The molecule has 0 aliphatic rings. The third-order valence-corrected chi connectivity index (χ3v) is 3.80. The molecule has 0 amide bonds. The molecule has 0 heterocycles. The SMILES string of the molecule is CCN(CC)c1c(SC(C)(C)C)c1=S. The summed E-state index contributed by atoms with van der Waals surface area (Å²) in [5.74, 6) is 0. The summed E-state index contributed by atoms with van der Waals surface area (Å²) in [6, 6.07) is 0. The normalized spacial score (nSPS) is 12.4. The number of thioether (sulfide) groups is 1. The van der Waals surface area contributed by atoms with Gasteiger partial charge in [0.1, 0.15) is 0 Å². The van der Waals surface area contributed by atoms with Crippen molar-refractivity contribution in [3.8, 4) is 0 Å². The van der Waals surface area contributed by atoms with Crippen LogP contribution in [0.5, 0.6) is 0 Å². The molecule has 0 unspecified atom stereocenters. The van der Waals surface area contributed by atoms with Gasteiger partial charge in [-0.2, -0.15) is 0 Å². The van der Waals surface area contributed by atoms with Crippen molar-refractivity contribution in [2.45, 2.75) is 44.3 Å². The first kappa shape index (κ1) is 12.1. The summed E-state index contributed by atoms with van der Waals surface area (Å²) in [6.07, 6.45) is 0. The fourth-order valence-corrected chi connectivity index (χ4v) is 2.92. The van der Waals surface area contributed by atoms with Gasteiger partial charge in [0.25, 0.3) is 0 Å². The first-order valence-electron chi connectivity index (χ1n) is 5.13. The average Bonchev–Trinajstić information content (AvgIpc) is 2.63. The lowest BCUT2D eigenvalue weighted by Crippen LogP contribution is -2.19. The predicted octanol–water partition coefficient (Wildman–Crippen LogP) is 4.03. The van der Waals surface area contributed by atoms with Gasteiger partial charge in [-0.1, -0.05) is 33.0 Å². The van der Waals surface area contributed by atoms with Crippen molar-refractivity contribution in [3.05, 3.63) is 4.51 Å². The molecule has 80 valence electrons. The number of rotatable bonds is 4. The number of anilines is 1. The van der Waals surface area contributed by atoms with E-state index in [0.717, 1.165) is 17.6 Å². The lowest BCUT2D eigenvalue weighted by Gasteiger charge is -2.18. The molecule has 14 heavy (non-hydrogen) atoms. The van der Waals surface area contributed by atoms with E-state index in [2.05, 4.69) is 39.5 Å². The van der Waals surface area contributed by atoms with Crippen molar-refractivity contribution in [2.75, 3.05) is 18.0 Å². The molecule has 0 atom stereocenters. The van der Waals surface area contributed by atoms with Gasteiger partial charge in [0, 0.05) is 17.8 Å². The van der Waals surface area contributed by atoms with Crippen LogP contribution in [0.3, 0.4) is 0 Å². The molecule has 0 bridgehead atoms. The van der Waals surface area contributed by atoms with Crippen LogP contribution in [0.25, 0.3) is 0 Å². The minimum Gasteiger partial charge on any atom is -0.370 e. The van der Waals surface area contributed by atoms with Crippen LogP contribution in [0.15, 0.2) is 4.90 Å². The Morgan fingerprint density at radius 1 is 1.21 bits per heavy atom. The second-order valence-corrected chi connectivity index (χ2v) is 6.64. The van der Waals surface area contributed by atoms with E-state index in [1.54, 1.807) is 0 Å². The second-order valence-electron chi connectivity index (χ2n) is 4.39. The molecule has 0 fully saturated rings. The molecular formula is C11H19NS2. The first-order chi connectivity index (χ1) is 6.40. The summed E-state index contributed by atoms with van der Waals surface area (Å²) < 4.78 is 1.36. The van der Waals surface area contributed by atoms with Gasteiger partial charge >= 0.3 is 0 Å². The van der Waals surface area contributed by atoms with E-state index in [4.69, 9.17) is 12.2 Å². The maximum atomic E-state index is 5.33. The third kappa shape index (κ3) is 2.74. The van der Waals surface area contributed by atoms with Crippen LogP contribution in [0, 0.1) is 4.51 Å². The van der Waals surface area contributed by atoms with Crippen molar-refractivity contribution >= 4 is 29.7 Å². The Morgan fingerprint density at radius 2 is 1.71 bits per heavy atom. The summed E-state index contributed by atoms with van der Waals surface area (Å²) >= 11 is 7.23. The minimum atomic E-state index is 0.272. The minimum absolute atomic E-state index is 0.272. The third-order valence-electron chi connectivity index (χ3n) is 2.06. The zero-order chi connectivity index (χ0) is 10.9. The largest absolute Gasteiger partial charge is 0.370 e. The summed E-state index contributed by atoms with van der Waals surface area (Å²) in [4.78, 5) is 3.69. The molecular weight excluding hydrogens is 210 g/mol. The standard InChI is InChI=1S/C11H19NS2/c1-6-12(7-2)8-9(13)10(8)14-11(3,4)5/h6-7H2,1-5H3. The van der Waals surface area contributed by atoms with Crippen LogP contribution in [0.4, 0.5) is 5.69 Å². The Hall–Kier alpha value is -0.0200. The molecule has 0 saturated carbocycles. The zero-order valence-corrected chi connectivity index (χ0v) is 11.3. The molecule has 1 aromatic carbocycles. The van der Waals surface area contributed by atoms with Crippen LogP contribution in [0.2, 0.25) is 0 Å². The molecule has 0 aromatic heterocycles. The quantitative estimate of drug-likeness (QED) is 0.567. The lowest BCUT2D eigenvalue weighted by molar-refractivity contribution is 0.803. The zero-order valence-electron chi connectivity index (χ0n) is 9.68. The lowest BCUT2D eigenvalue weighted by atomic mass is 10.3. The van der Waals surface area contributed by atoms with Gasteiger partial charge in [-0.3, -0.25) is 0 Å². The maximum absolute atomic E-state index is 5.33. The van der Waals surface area contributed by atoms with Gasteiger partial charge in [0.2, 0.25) is 0 Å². The van der Waals surface area contributed by atoms with Gasteiger partial charge in [0.05, 0.1) is 15.1 Å². The molecule has 0 radical (unpaired) electrons. The second kappa shape index (κ2) is 4.23. The molecule has 0 aliphatic heterocycles. The topological polar surface area (TPSA) is 3.24 Å². The van der Waals surface area contributed by atoms with E-state index >= 15 is 0 Å². The summed E-state index contributed by atoms with van der Waals surface area (Å²) in [6.45, 7) is 13.1. The van der Waals surface area contributed by atoms with Gasteiger partial charge in [-0.25, -0.2) is 0 Å². The van der Waals surface area contributed by atoms with Crippen molar-refractivity contribution in [1.82, 2.24) is 0 Å². The van der Waals surface area contributed by atoms with Crippen LogP contribution in [0.1, 0.15) is 34.6 Å². The van der Waals surface area contributed by atoms with E-state index in [0.29, 0.717) is 0 Å². The molecule has 0 N–H and O–H groups in total. The van der Waals surface area contributed by atoms with E-state index in [9.17, 15) is 0 Å². The van der Waals surface area contributed by atoms with E-state index < -0.39 is 0 Å². The van der Waals surface area contributed by atoms with Crippen LogP contribution in [-0.4, -0.2) is 17.8 Å². The number of hydrogen-bond donors (Lipinski definition) is 0. The van der Waals surface area contributed by atoms with Crippen molar-refractivity contribution < 1.29 is 0 Å². The van der Waals surface area contributed by atoms with Crippen molar-refractivity contribution in [1.29, 1.82) is 0 Å². The molecule has 1 aromatic rings. The van der Waals surface area contributed by atoms with E-state index in [-0.39, 0.29) is 4.75 Å². The summed E-state index contributed by atoms with van der Waals surface area (Å²) in [5, 5.41) is 0. The Bertz CT molecular complexity index is 312. The molecule has 0 aliphatic carbocycles. The highest BCUT2D eigenvalue weighted by atomic mass is 32.2. The van der Waals surface area contributed by atoms with Crippen molar-refractivity contribution in [2.24, 2.45) is 0 Å². The Labute approximate surface area is 96.6 Å². The Balaban J connectivity index is 2.70. The number of hydrogen-bond acceptors (Lipinski definition) is 3. The highest BCUT2D eigenvalue weighted by molar-refractivity contribution is 8.01. The first-order valence-corrected chi connectivity index (χ1v) is 6.36. The van der Waals surface area contributed by atoms with Gasteiger partial charge < -0.3 is 4.90 Å². The molecule has 3 heteroatoms. The van der Waals surface area contributed by atoms with Gasteiger partial charge in [0.15, 0.2) is 0 Å². The predicted molar refractivity (Wildman–Crippen MR) is 68.8 cm³/mol. The Kier molecular flexibility index (Phi) is 3.64. The molecule has 0 saturated heterocycles. The summed E-state index contributed by atoms with van der Waals surface area (Å²) in [5.41, 5.74) is 1.32. The van der Waals surface area contributed by atoms with Crippen LogP contribution in [-0.2, 0) is 0 Å². The van der Waals surface area contributed by atoms with Crippen LogP contribution >= 0.6 is 24.0 Å². The Morgan fingerprint density at radius 3 is 2.07 bits per heavy atom. The van der Waals surface area contributed by atoms with Crippen molar-refractivity contribution in [3.63, 3.8) is 0 Å². The maximum Gasteiger partial charge on any atom is 0.0780 e. The highest BCUT2D eigenvalue weighted by Crippen LogP contribution is 2.48. The number of nitrogens with zero attached hydrogens (tertiary/aromatic N) is 1. The van der Waals surface area contributed by atoms with Gasteiger partial charge in [-0.15, -0.1) is 11.8 Å². The molecule has 0 spiro atoms. The average molecular weight is 229 g/mol. The monoisotopic (exact) mass is 229 g/mol. The smallest absolute Gasteiger partial charge is 0.0780 e.